The van der Waals surface area contributed by atoms with E-state index in [-0.39, 0.29) is 5.56 Å². The van der Waals surface area contributed by atoms with Crippen LogP contribution in [0.5, 0.6) is 0 Å². The van der Waals surface area contributed by atoms with E-state index in [0.29, 0.717) is 0 Å². The van der Waals surface area contributed by atoms with Crippen molar-refractivity contribution >= 4 is 11.8 Å². The van der Waals surface area contributed by atoms with Gasteiger partial charge in [0.15, 0.2) is 5.34 Å². The van der Waals surface area contributed by atoms with Crippen LogP contribution in [-0.4, -0.2) is 17.7 Å². The predicted molar refractivity (Wildman–Crippen MR) is 61.3 cm³/mol. The van der Waals surface area contributed by atoms with E-state index in [1.165, 1.54) is 0 Å². The van der Waals surface area contributed by atoms with Gasteiger partial charge in [-0.1, -0.05) is 6.92 Å². The maximum atomic E-state index is 13.7. The van der Waals surface area contributed by atoms with E-state index in [2.05, 4.69) is 4.84 Å². The maximum Gasteiger partial charge on any atom is 0.341 e. The van der Waals surface area contributed by atoms with E-state index in [9.17, 15) is 27.7 Å². The minimum absolute atomic E-state index is 0.384. The second-order valence-electron chi connectivity index (χ2n) is 4.13. The molecule has 108 valence electrons. The lowest BCUT2D eigenvalue weighted by Crippen LogP contribution is -2.33. The number of rotatable bonds is 6. The fourth-order valence-electron chi connectivity index (χ4n) is 1.50. The topological polar surface area (TPSA) is 72.8 Å². The van der Waals surface area contributed by atoms with Gasteiger partial charge in [0.25, 0.3) is 0 Å². The SMILES string of the molecule is CC(CC(F)(F)C(=O)c1ccc(F)cc1)C(=O)ON=O. The lowest BCUT2D eigenvalue weighted by atomic mass is 9.96. The monoisotopic (exact) mass is 289 g/mol. The largest absolute Gasteiger partial charge is 0.341 e. The van der Waals surface area contributed by atoms with Gasteiger partial charge in [-0.3, -0.25) is 9.63 Å². The van der Waals surface area contributed by atoms with E-state index >= 15 is 0 Å². The van der Waals surface area contributed by atoms with Gasteiger partial charge in [-0.25, -0.2) is 9.18 Å². The van der Waals surface area contributed by atoms with Gasteiger partial charge in [-0.05, 0) is 24.3 Å². The van der Waals surface area contributed by atoms with Crippen molar-refractivity contribution in [1.29, 1.82) is 0 Å². The molecule has 1 aromatic carbocycles. The van der Waals surface area contributed by atoms with Crippen molar-refractivity contribution in [3.05, 3.63) is 40.6 Å². The van der Waals surface area contributed by atoms with E-state index in [1.54, 1.807) is 0 Å². The number of carbonyl (C=O) groups excluding carboxylic acids is 2. The highest BCUT2D eigenvalue weighted by molar-refractivity contribution is 6.01. The van der Waals surface area contributed by atoms with Gasteiger partial charge in [0.2, 0.25) is 5.78 Å². The lowest BCUT2D eigenvalue weighted by Gasteiger charge is -2.17. The van der Waals surface area contributed by atoms with Gasteiger partial charge in [0.05, 0.1) is 5.92 Å². The minimum atomic E-state index is -3.85. The van der Waals surface area contributed by atoms with Gasteiger partial charge in [0.1, 0.15) is 5.82 Å². The first-order chi connectivity index (χ1) is 9.27. The summed E-state index contributed by atoms with van der Waals surface area (Å²) in [6.45, 7) is 1.07. The second-order valence-corrected chi connectivity index (χ2v) is 4.13. The first kappa shape index (κ1) is 15.8. The zero-order valence-corrected chi connectivity index (χ0v) is 10.3. The van der Waals surface area contributed by atoms with Crippen LogP contribution in [0, 0.1) is 16.6 Å². The Balaban J connectivity index is 2.82. The van der Waals surface area contributed by atoms with E-state index in [1.807, 2.05) is 5.34 Å². The second kappa shape index (κ2) is 6.27. The van der Waals surface area contributed by atoms with Crippen LogP contribution in [0.3, 0.4) is 0 Å². The molecule has 0 saturated heterocycles. The Kier molecular flexibility index (Phi) is 4.95. The molecule has 20 heavy (non-hydrogen) atoms. The molecule has 0 aliphatic heterocycles. The number of benzene rings is 1. The molecule has 0 heterocycles. The Bertz CT molecular complexity index is 516. The predicted octanol–water partition coefficient (Wildman–Crippen LogP) is 2.89. The van der Waals surface area contributed by atoms with Crippen LogP contribution in [0.4, 0.5) is 13.2 Å². The highest BCUT2D eigenvalue weighted by Crippen LogP contribution is 2.28. The highest BCUT2D eigenvalue weighted by atomic mass is 19.3. The number of hydrogen-bond acceptors (Lipinski definition) is 5. The molecule has 0 bridgehead atoms. The Morgan fingerprint density at radius 3 is 2.35 bits per heavy atom. The van der Waals surface area contributed by atoms with Crippen molar-refractivity contribution in [3.63, 3.8) is 0 Å². The van der Waals surface area contributed by atoms with Gasteiger partial charge in [0, 0.05) is 12.0 Å². The van der Waals surface area contributed by atoms with Crippen molar-refractivity contribution in [2.75, 3.05) is 0 Å². The van der Waals surface area contributed by atoms with Gasteiger partial charge < -0.3 is 0 Å². The van der Waals surface area contributed by atoms with Crippen LogP contribution in [0.2, 0.25) is 0 Å². The summed E-state index contributed by atoms with van der Waals surface area (Å²) in [5, 5.41) is 1.83. The molecule has 8 heteroatoms. The number of ketones is 1. The quantitative estimate of drug-likeness (QED) is 0.458. The summed E-state index contributed by atoms with van der Waals surface area (Å²) in [6.07, 6.45) is -1.14. The molecule has 0 fully saturated rings. The smallest absolute Gasteiger partial charge is 0.287 e. The number of hydrogen-bond donors (Lipinski definition) is 0. The normalized spacial score (nSPS) is 12.6. The number of halogens is 3. The summed E-state index contributed by atoms with van der Waals surface area (Å²) < 4.78 is 40.0. The lowest BCUT2D eigenvalue weighted by molar-refractivity contribution is -0.150. The summed E-state index contributed by atoms with van der Waals surface area (Å²) in [5.74, 6) is -8.71. The first-order valence-corrected chi connectivity index (χ1v) is 5.49. The van der Waals surface area contributed by atoms with Crippen LogP contribution in [0.25, 0.3) is 0 Å². The standard InChI is InChI=1S/C12H10F3NO4/c1-7(11(18)20-16-19)6-12(14,15)10(17)8-2-4-9(13)5-3-8/h2-5,7H,6H2,1H3. The Hall–Kier alpha value is -2.25. The molecule has 1 rings (SSSR count). The van der Waals surface area contributed by atoms with Crippen LogP contribution < -0.4 is 0 Å². The molecule has 0 radical (unpaired) electrons. The average molecular weight is 289 g/mol. The summed E-state index contributed by atoms with van der Waals surface area (Å²) in [5.41, 5.74) is -0.384. The molecule has 0 N–H and O–H groups in total. The van der Waals surface area contributed by atoms with Crippen LogP contribution in [-0.2, 0) is 9.63 Å². The first-order valence-electron chi connectivity index (χ1n) is 5.49. The van der Waals surface area contributed by atoms with Crippen molar-refractivity contribution in [1.82, 2.24) is 0 Å². The number of alkyl halides is 2. The molecule has 1 atom stereocenters. The summed E-state index contributed by atoms with van der Waals surface area (Å²) in [4.78, 5) is 36.0. The van der Waals surface area contributed by atoms with Crippen LogP contribution in [0.15, 0.2) is 29.6 Å². The highest BCUT2D eigenvalue weighted by Gasteiger charge is 2.42. The molecule has 0 amide bonds. The molecule has 0 saturated carbocycles. The molecule has 0 aliphatic rings. The summed E-state index contributed by atoms with van der Waals surface area (Å²) in [6, 6.07) is 3.58. The van der Waals surface area contributed by atoms with Crippen molar-refractivity contribution in [3.8, 4) is 0 Å². The fraction of sp³-hybridized carbons (Fsp3) is 0.333. The number of nitrogens with zero attached hydrogens (tertiary/aromatic N) is 1. The van der Waals surface area contributed by atoms with Gasteiger partial charge in [-0.2, -0.15) is 8.78 Å². The van der Waals surface area contributed by atoms with Crippen molar-refractivity contribution in [2.45, 2.75) is 19.3 Å². The Morgan fingerprint density at radius 1 is 1.30 bits per heavy atom. The number of carbonyl (C=O) groups is 2. The Labute approximate surface area is 111 Å². The summed E-state index contributed by atoms with van der Waals surface area (Å²) >= 11 is 0. The third-order valence-electron chi connectivity index (χ3n) is 2.53. The Morgan fingerprint density at radius 2 is 1.85 bits per heavy atom. The van der Waals surface area contributed by atoms with E-state index < -0.39 is 35.8 Å². The molecular weight excluding hydrogens is 279 g/mol. The molecule has 5 nitrogen and oxygen atoms in total. The third-order valence-corrected chi connectivity index (χ3v) is 2.53. The fourth-order valence-corrected chi connectivity index (χ4v) is 1.50. The minimum Gasteiger partial charge on any atom is -0.287 e. The van der Waals surface area contributed by atoms with E-state index in [0.717, 1.165) is 31.2 Å². The zero-order valence-electron chi connectivity index (χ0n) is 10.3. The summed E-state index contributed by atoms with van der Waals surface area (Å²) in [7, 11) is 0. The molecule has 0 aromatic heterocycles. The van der Waals surface area contributed by atoms with Crippen molar-refractivity contribution < 1.29 is 27.6 Å². The van der Waals surface area contributed by atoms with E-state index in [4.69, 9.17) is 0 Å². The van der Waals surface area contributed by atoms with Gasteiger partial charge >= 0.3 is 11.9 Å². The third kappa shape index (κ3) is 3.87. The van der Waals surface area contributed by atoms with Crippen LogP contribution >= 0.6 is 0 Å². The number of Topliss-reactive ketones (excluding diaryl/α,β-unsaturated/α-hetero) is 1. The molecular formula is C12H10F3NO4. The van der Waals surface area contributed by atoms with Crippen LogP contribution in [0.1, 0.15) is 23.7 Å². The zero-order chi connectivity index (χ0) is 15.3. The maximum absolute atomic E-state index is 13.7. The average Bonchev–Trinajstić information content (AvgIpc) is 2.38. The van der Waals surface area contributed by atoms with Crippen molar-refractivity contribution in [2.24, 2.45) is 11.3 Å². The molecule has 0 spiro atoms. The molecule has 0 aliphatic carbocycles. The van der Waals surface area contributed by atoms with Gasteiger partial charge in [-0.15, -0.1) is 4.91 Å². The molecule has 1 unspecified atom stereocenters. The molecule has 1 aromatic rings.